The van der Waals surface area contributed by atoms with E-state index in [4.69, 9.17) is 0 Å². The predicted octanol–water partition coefficient (Wildman–Crippen LogP) is 5.44. The van der Waals surface area contributed by atoms with Crippen LogP contribution in [-0.2, 0) is 30.6 Å². The van der Waals surface area contributed by atoms with Crippen LogP contribution in [-0.4, -0.2) is 26.4 Å². The summed E-state index contributed by atoms with van der Waals surface area (Å²) >= 11 is 1.45. The third-order valence-electron chi connectivity index (χ3n) is 5.90. The summed E-state index contributed by atoms with van der Waals surface area (Å²) in [4.78, 5) is 12.7. The average Bonchev–Trinajstić information content (AvgIpc) is 3.14. The number of carbonyl (C=O) groups excluding carboxylic acids is 1. The standard InChI is InChI=1S/C24H34N4OS/c1-4-15-28-21(16-18-11-8-7-9-12-18)26-27-24(28)30-17-22(29)25-23-19(5-2)13-10-14-20(23)6-3/h4,10,13-14,18H,1,5-9,11-12,15-17H2,2-3H3,(H,25,29). The van der Waals surface area contributed by atoms with Crippen molar-refractivity contribution in [2.45, 2.75) is 76.9 Å². The monoisotopic (exact) mass is 426 g/mol. The lowest BCUT2D eigenvalue weighted by atomic mass is 9.87. The number of carbonyl (C=O) groups is 1. The predicted molar refractivity (Wildman–Crippen MR) is 125 cm³/mol. The van der Waals surface area contributed by atoms with Gasteiger partial charge in [0.1, 0.15) is 5.82 Å². The van der Waals surface area contributed by atoms with E-state index in [2.05, 4.69) is 58.7 Å². The normalized spacial score (nSPS) is 14.6. The summed E-state index contributed by atoms with van der Waals surface area (Å²) < 4.78 is 2.12. The van der Waals surface area contributed by atoms with Gasteiger partial charge in [-0.1, -0.05) is 82.0 Å². The molecule has 1 aromatic heterocycles. The van der Waals surface area contributed by atoms with Crippen LogP contribution in [0.1, 0.15) is 62.9 Å². The molecule has 1 aromatic carbocycles. The van der Waals surface area contributed by atoms with Crippen molar-refractivity contribution in [2.24, 2.45) is 5.92 Å². The van der Waals surface area contributed by atoms with Gasteiger partial charge in [0.15, 0.2) is 5.16 Å². The van der Waals surface area contributed by atoms with Crippen LogP contribution in [0, 0.1) is 5.92 Å². The van der Waals surface area contributed by atoms with Crippen molar-refractivity contribution in [2.75, 3.05) is 11.1 Å². The lowest BCUT2D eigenvalue weighted by molar-refractivity contribution is -0.113. The molecule has 0 bridgehead atoms. The van der Waals surface area contributed by atoms with Gasteiger partial charge in [-0.2, -0.15) is 0 Å². The molecule has 30 heavy (non-hydrogen) atoms. The fourth-order valence-electron chi connectivity index (χ4n) is 4.25. The van der Waals surface area contributed by atoms with Crippen molar-refractivity contribution in [3.8, 4) is 0 Å². The van der Waals surface area contributed by atoms with E-state index in [1.807, 2.05) is 6.08 Å². The molecule has 5 nitrogen and oxygen atoms in total. The smallest absolute Gasteiger partial charge is 0.234 e. The highest BCUT2D eigenvalue weighted by Crippen LogP contribution is 2.28. The summed E-state index contributed by atoms with van der Waals surface area (Å²) in [5.74, 6) is 2.04. The molecule has 0 unspecified atom stereocenters. The molecule has 0 saturated heterocycles. The zero-order chi connectivity index (χ0) is 21.3. The Morgan fingerprint density at radius 1 is 1.20 bits per heavy atom. The van der Waals surface area contributed by atoms with E-state index in [0.717, 1.165) is 35.9 Å². The number of anilines is 1. The molecule has 0 spiro atoms. The van der Waals surface area contributed by atoms with Crippen molar-refractivity contribution >= 4 is 23.4 Å². The molecule has 1 aliphatic carbocycles. The molecule has 1 saturated carbocycles. The highest BCUT2D eigenvalue weighted by atomic mass is 32.2. The van der Waals surface area contributed by atoms with Gasteiger partial charge in [0.25, 0.3) is 0 Å². The number of nitrogens with one attached hydrogen (secondary N) is 1. The molecule has 2 aromatic rings. The number of para-hydroxylation sites is 1. The molecule has 0 aliphatic heterocycles. The number of aryl methyl sites for hydroxylation is 2. The first-order valence-electron chi connectivity index (χ1n) is 11.2. The van der Waals surface area contributed by atoms with E-state index in [9.17, 15) is 4.79 Å². The molecule has 6 heteroatoms. The average molecular weight is 427 g/mol. The second kappa shape index (κ2) is 11.3. The first-order chi connectivity index (χ1) is 14.7. The van der Waals surface area contributed by atoms with Crippen molar-refractivity contribution in [1.82, 2.24) is 14.8 Å². The maximum absolute atomic E-state index is 12.7. The number of nitrogens with zero attached hydrogens (tertiary/aromatic N) is 3. The first kappa shape index (κ1) is 22.6. The number of amides is 1. The number of rotatable bonds is 10. The molecule has 0 radical (unpaired) electrons. The van der Waals surface area contributed by atoms with Gasteiger partial charge in [0, 0.05) is 18.7 Å². The number of aromatic nitrogens is 3. The number of hydrogen-bond acceptors (Lipinski definition) is 4. The van der Waals surface area contributed by atoms with Crippen molar-refractivity contribution in [1.29, 1.82) is 0 Å². The lowest BCUT2D eigenvalue weighted by Crippen LogP contribution is -2.17. The van der Waals surface area contributed by atoms with Crippen molar-refractivity contribution < 1.29 is 4.79 Å². The topological polar surface area (TPSA) is 59.8 Å². The van der Waals surface area contributed by atoms with Gasteiger partial charge in [0.2, 0.25) is 5.91 Å². The molecule has 3 rings (SSSR count). The van der Waals surface area contributed by atoms with Crippen LogP contribution < -0.4 is 5.32 Å². The number of thioether (sulfide) groups is 1. The molecule has 1 amide bonds. The molecule has 0 atom stereocenters. The van der Waals surface area contributed by atoms with E-state index in [0.29, 0.717) is 18.2 Å². The Morgan fingerprint density at radius 2 is 1.90 bits per heavy atom. The zero-order valence-electron chi connectivity index (χ0n) is 18.3. The summed E-state index contributed by atoms with van der Waals surface area (Å²) in [6, 6.07) is 6.23. The minimum atomic E-state index is -0.00224. The zero-order valence-corrected chi connectivity index (χ0v) is 19.1. The van der Waals surface area contributed by atoms with E-state index >= 15 is 0 Å². The van der Waals surface area contributed by atoms with Crippen LogP contribution in [0.15, 0.2) is 36.0 Å². The molecule has 1 heterocycles. The number of allylic oxidation sites excluding steroid dienone is 1. The number of hydrogen-bond donors (Lipinski definition) is 1. The molecule has 1 aliphatic rings. The quantitative estimate of drug-likeness (QED) is 0.406. The van der Waals surface area contributed by atoms with E-state index in [1.54, 1.807) is 0 Å². The van der Waals surface area contributed by atoms with Gasteiger partial charge in [-0.15, -0.1) is 16.8 Å². The van der Waals surface area contributed by atoms with Gasteiger partial charge < -0.3 is 9.88 Å². The summed E-state index contributed by atoms with van der Waals surface area (Å²) in [6.07, 6.45) is 11.2. The van der Waals surface area contributed by atoms with Gasteiger partial charge >= 0.3 is 0 Å². The lowest BCUT2D eigenvalue weighted by Gasteiger charge is -2.21. The van der Waals surface area contributed by atoms with E-state index in [-0.39, 0.29) is 5.91 Å². The van der Waals surface area contributed by atoms with Gasteiger partial charge in [-0.3, -0.25) is 4.79 Å². The fraction of sp³-hybridized carbons (Fsp3) is 0.542. The molecule has 1 fully saturated rings. The molecular formula is C24H34N4OS. The minimum absolute atomic E-state index is 0.00224. The Morgan fingerprint density at radius 3 is 2.53 bits per heavy atom. The highest BCUT2D eigenvalue weighted by Gasteiger charge is 2.20. The SMILES string of the molecule is C=CCn1c(CC2CCCCC2)nnc1SCC(=O)Nc1c(CC)cccc1CC. The van der Waals surface area contributed by atoms with Gasteiger partial charge in [-0.25, -0.2) is 0 Å². The fourth-order valence-corrected chi connectivity index (χ4v) is 5.01. The van der Waals surface area contributed by atoms with Gasteiger partial charge in [-0.05, 0) is 29.9 Å². The Bertz CT molecular complexity index is 833. The van der Waals surface area contributed by atoms with Crippen LogP contribution in [0.4, 0.5) is 5.69 Å². The summed E-state index contributed by atoms with van der Waals surface area (Å²) in [5.41, 5.74) is 3.33. The Balaban J connectivity index is 1.65. The van der Waals surface area contributed by atoms with E-state index < -0.39 is 0 Å². The summed E-state index contributed by atoms with van der Waals surface area (Å²) in [7, 11) is 0. The Kier molecular flexibility index (Phi) is 8.55. The first-order valence-corrected chi connectivity index (χ1v) is 12.2. The molecule has 1 N–H and O–H groups in total. The third-order valence-corrected chi connectivity index (χ3v) is 6.86. The van der Waals surface area contributed by atoms with Crippen molar-refractivity contribution in [3.63, 3.8) is 0 Å². The summed E-state index contributed by atoms with van der Waals surface area (Å²) in [5, 5.41) is 12.8. The maximum Gasteiger partial charge on any atom is 0.234 e. The van der Waals surface area contributed by atoms with Crippen LogP contribution in [0.25, 0.3) is 0 Å². The van der Waals surface area contributed by atoms with Crippen molar-refractivity contribution in [3.05, 3.63) is 47.8 Å². The number of benzene rings is 1. The largest absolute Gasteiger partial charge is 0.325 e. The Hall–Kier alpha value is -2.08. The minimum Gasteiger partial charge on any atom is -0.325 e. The molecular weight excluding hydrogens is 392 g/mol. The van der Waals surface area contributed by atoms with Crippen LogP contribution in [0.2, 0.25) is 0 Å². The second-order valence-electron chi connectivity index (χ2n) is 8.00. The maximum atomic E-state index is 12.7. The van der Waals surface area contributed by atoms with E-state index in [1.165, 1.54) is 55.0 Å². The highest BCUT2D eigenvalue weighted by molar-refractivity contribution is 7.99. The third kappa shape index (κ3) is 5.75. The second-order valence-corrected chi connectivity index (χ2v) is 8.94. The van der Waals surface area contributed by atoms with Crippen LogP contribution in [0.3, 0.4) is 0 Å². The van der Waals surface area contributed by atoms with Gasteiger partial charge in [0.05, 0.1) is 5.75 Å². The molecule has 162 valence electrons. The Labute approximate surface area is 184 Å². The van der Waals surface area contributed by atoms with Crippen LogP contribution >= 0.6 is 11.8 Å². The summed E-state index contributed by atoms with van der Waals surface area (Å²) in [6.45, 7) is 8.80. The van der Waals surface area contributed by atoms with Crippen LogP contribution in [0.5, 0.6) is 0 Å².